The third kappa shape index (κ3) is 4.14. The molecule has 1 rings (SSSR count). The number of nitrogens with two attached hydrogens (primary N) is 1. The Morgan fingerprint density at radius 1 is 1.50 bits per heavy atom. The molecule has 0 bridgehead atoms. The van der Waals surface area contributed by atoms with E-state index < -0.39 is 10.0 Å². The molecule has 0 aliphatic heterocycles. The molecule has 0 aliphatic carbocycles. The number of carbonyl (C=O) groups excluding carboxylic acids is 1. The van der Waals surface area contributed by atoms with Crippen LogP contribution in [-0.2, 0) is 14.8 Å². The Morgan fingerprint density at radius 3 is 2.72 bits per heavy atom. The smallest absolute Gasteiger partial charge is 0.238 e. The lowest BCUT2D eigenvalue weighted by atomic mass is 10.2. The second-order valence-electron chi connectivity index (χ2n) is 3.56. The third-order valence-corrected chi connectivity index (χ3v) is 3.36. The normalized spacial score (nSPS) is 11.0. The van der Waals surface area contributed by atoms with E-state index in [4.69, 9.17) is 16.7 Å². The van der Waals surface area contributed by atoms with Gasteiger partial charge in [0, 0.05) is 6.42 Å². The van der Waals surface area contributed by atoms with Crippen LogP contribution in [0.15, 0.2) is 35.7 Å². The van der Waals surface area contributed by atoms with Crippen molar-refractivity contribution in [2.24, 2.45) is 5.14 Å². The molecule has 0 saturated heterocycles. The lowest BCUT2D eigenvalue weighted by molar-refractivity contribution is -0.116. The highest BCUT2D eigenvalue weighted by Gasteiger charge is 2.12. The predicted molar refractivity (Wildman–Crippen MR) is 70.9 cm³/mol. The molecule has 0 aromatic heterocycles. The van der Waals surface area contributed by atoms with E-state index in [9.17, 15) is 13.2 Å². The van der Waals surface area contributed by atoms with Gasteiger partial charge in [0.2, 0.25) is 15.9 Å². The fraction of sp³-hybridized carbons (Fsp3) is 0.182. The van der Waals surface area contributed by atoms with Gasteiger partial charge in [0.1, 0.15) is 0 Å². The summed E-state index contributed by atoms with van der Waals surface area (Å²) in [5.74, 6) is -0.275. The molecule has 18 heavy (non-hydrogen) atoms. The molecule has 0 unspecified atom stereocenters. The molecule has 0 spiro atoms. The number of rotatable bonds is 5. The highest BCUT2D eigenvalue weighted by atomic mass is 35.5. The number of hydrogen-bond acceptors (Lipinski definition) is 3. The molecule has 0 atom stereocenters. The number of primary sulfonamides is 1. The molecule has 3 N–H and O–H groups in total. The van der Waals surface area contributed by atoms with Gasteiger partial charge in [-0.1, -0.05) is 17.7 Å². The number of anilines is 1. The second-order valence-corrected chi connectivity index (χ2v) is 5.53. The predicted octanol–water partition coefficient (Wildman–Crippen LogP) is 1.89. The molecule has 0 aliphatic rings. The molecule has 0 fully saturated rings. The van der Waals surface area contributed by atoms with Gasteiger partial charge in [-0.2, -0.15) is 0 Å². The van der Waals surface area contributed by atoms with Gasteiger partial charge in [0.25, 0.3) is 0 Å². The first-order chi connectivity index (χ1) is 8.34. The lowest BCUT2D eigenvalue weighted by Crippen LogP contribution is -2.14. The fourth-order valence-electron chi connectivity index (χ4n) is 1.22. The van der Waals surface area contributed by atoms with Crippen LogP contribution in [0.3, 0.4) is 0 Å². The number of benzene rings is 1. The van der Waals surface area contributed by atoms with Crippen LogP contribution in [0.2, 0.25) is 5.02 Å². The van der Waals surface area contributed by atoms with E-state index in [1.165, 1.54) is 18.2 Å². The van der Waals surface area contributed by atoms with Gasteiger partial charge in [0.15, 0.2) is 0 Å². The van der Waals surface area contributed by atoms with Crippen molar-refractivity contribution in [1.29, 1.82) is 0 Å². The number of carbonyl (C=O) groups is 1. The van der Waals surface area contributed by atoms with Gasteiger partial charge in [0.05, 0.1) is 15.6 Å². The number of hydrogen-bond donors (Lipinski definition) is 2. The zero-order valence-corrected chi connectivity index (χ0v) is 11.1. The minimum absolute atomic E-state index is 0.106. The average molecular weight is 289 g/mol. The zero-order valence-electron chi connectivity index (χ0n) is 9.52. The summed E-state index contributed by atoms with van der Waals surface area (Å²) in [7, 11) is -3.82. The molecular formula is C11H13ClN2O3S. The molecule has 0 heterocycles. The lowest BCUT2D eigenvalue weighted by Gasteiger charge is -2.08. The quantitative estimate of drug-likeness (QED) is 0.811. The number of amides is 1. The maximum Gasteiger partial charge on any atom is 0.238 e. The highest BCUT2D eigenvalue weighted by molar-refractivity contribution is 7.89. The van der Waals surface area contributed by atoms with Crippen molar-refractivity contribution >= 4 is 33.2 Å². The second kappa shape index (κ2) is 5.99. The van der Waals surface area contributed by atoms with Crippen LogP contribution in [0, 0.1) is 0 Å². The van der Waals surface area contributed by atoms with Crippen LogP contribution in [-0.4, -0.2) is 14.3 Å². The van der Waals surface area contributed by atoms with E-state index in [-0.39, 0.29) is 27.9 Å². The Labute approximate surface area is 111 Å². The van der Waals surface area contributed by atoms with Crippen molar-refractivity contribution < 1.29 is 13.2 Å². The molecule has 0 saturated carbocycles. The maximum atomic E-state index is 11.5. The van der Waals surface area contributed by atoms with Gasteiger partial charge in [-0.05, 0) is 24.6 Å². The Hall–Kier alpha value is -1.37. The van der Waals surface area contributed by atoms with Crippen LogP contribution < -0.4 is 10.5 Å². The van der Waals surface area contributed by atoms with Crippen molar-refractivity contribution in [3.8, 4) is 0 Å². The van der Waals surface area contributed by atoms with E-state index in [1.54, 1.807) is 6.08 Å². The summed E-state index contributed by atoms with van der Waals surface area (Å²) in [5.41, 5.74) is 0.220. The van der Waals surface area contributed by atoms with Gasteiger partial charge in [-0.25, -0.2) is 13.6 Å². The Bertz CT molecular complexity index is 570. The topological polar surface area (TPSA) is 89.3 Å². The van der Waals surface area contributed by atoms with Gasteiger partial charge >= 0.3 is 0 Å². The Morgan fingerprint density at radius 2 is 2.17 bits per heavy atom. The highest BCUT2D eigenvalue weighted by Crippen LogP contribution is 2.24. The van der Waals surface area contributed by atoms with E-state index >= 15 is 0 Å². The Kier molecular flexibility index (Phi) is 4.89. The van der Waals surface area contributed by atoms with Crippen LogP contribution in [0.5, 0.6) is 0 Å². The largest absolute Gasteiger partial charge is 0.325 e. The summed E-state index contributed by atoms with van der Waals surface area (Å²) in [5, 5.41) is 7.75. The van der Waals surface area contributed by atoms with E-state index in [0.717, 1.165) is 0 Å². The maximum absolute atomic E-state index is 11.5. The monoisotopic (exact) mass is 288 g/mol. The molecule has 1 amide bonds. The van der Waals surface area contributed by atoms with Crippen molar-refractivity contribution in [3.63, 3.8) is 0 Å². The molecule has 1 aromatic rings. The molecule has 7 heteroatoms. The van der Waals surface area contributed by atoms with E-state index in [0.29, 0.717) is 6.42 Å². The van der Waals surface area contributed by atoms with Crippen LogP contribution in [0.1, 0.15) is 12.8 Å². The summed E-state index contributed by atoms with van der Waals surface area (Å²) >= 11 is 5.85. The number of halogens is 1. The average Bonchev–Trinajstić information content (AvgIpc) is 2.28. The first-order valence-electron chi connectivity index (χ1n) is 5.07. The first kappa shape index (κ1) is 14.7. The minimum Gasteiger partial charge on any atom is -0.325 e. The van der Waals surface area contributed by atoms with Gasteiger partial charge in [-0.15, -0.1) is 6.58 Å². The zero-order chi connectivity index (χ0) is 13.8. The van der Waals surface area contributed by atoms with Crippen LogP contribution >= 0.6 is 11.6 Å². The van der Waals surface area contributed by atoms with Crippen molar-refractivity contribution in [1.82, 2.24) is 0 Å². The van der Waals surface area contributed by atoms with Crippen molar-refractivity contribution in [2.75, 3.05) is 5.32 Å². The molecule has 98 valence electrons. The summed E-state index contributed by atoms with van der Waals surface area (Å²) in [6, 6.07) is 3.87. The van der Waals surface area contributed by atoms with Crippen molar-refractivity contribution in [3.05, 3.63) is 35.9 Å². The van der Waals surface area contributed by atoms with E-state index in [1.807, 2.05) is 0 Å². The third-order valence-electron chi connectivity index (χ3n) is 2.12. The first-order valence-corrected chi connectivity index (χ1v) is 7.00. The summed E-state index contributed by atoms with van der Waals surface area (Å²) in [6.07, 6.45) is 2.39. The summed E-state index contributed by atoms with van der Waals surface area (Å²) in [6.45, 7) is 3.50. The molecule has 0 radical (unpaired) electrons. The number of allylic oxidation sites excluding steroid dienone is 1. The Balaban J connectivity index is 2.95. The molecule has 1 aromatic carbocycles. The number of nitrogens with one attached hydrogen (secondary N) is 1. The van der Waals surface area contributed by atoms with Crippen LogP contribution in [0.4, 0.5) is 5.69 Å². The van der Waals surface area contributed by atoms with Gasteiger partial charge < -0.3 is 5.32 Å². The summed E-state index contributed by atoms with van der Waals surface area (Å²) < 4.78 is 22.3. The molecule has 5 nitrogen and oxygen atoms in total. The minimum atomic E-state index is -3.82. The SMILES string of the molecule is C=CCCC(=O)Nc1cc(S(N)(=O)=O)ccc1Cl. The van der Waals surface area contributed by atoms with Gasteiger partial charge in [-0.3, -0.25) is 4.79 Å². The fourth-order valence-corrected chi connectivity index (χ4v) is 1.93. The standard InChI is InChI=1S/C11H13ClN2O3S/c1-2-3-4-11(15)14-10-7-8(18(13,16)17)5-6-9(10)12/h2,5-7H,1,3-4H2,(H,14,15)(H2,13,16,17). The van der Waals surface area contributed by atoms with Crippen LogP contribution in [0.25, 0.3) is 0 Å². The summed E-state index contributed by atoms with van der Waals surface area (Å²) in [4.78, 5) is 11.4. The van der Waals surface area contributed by atoms with E-state index in [2.05, 4.69) is 11.9 Å². The molecular weight excluding hydrogens is 276 g/mol. The number of sulfonamides is 1. The van der Waals surface area contributed by atoms with Crippen molar-refractivity contribution in [2.45, 2.75) is 17.7 Å².